The number of aliphatic hydroxyl groups is 1. The van der Waals surface area contributed by atoms with E-state index in [4.69, 9.17) is 4.74 Å². The zero-order valence-electron chi connectivity index (χ0n) is 15.6. The molecular formula is C17H29N3O5. The number of amides is 3. The van der Waals surface area contributed by atoms with E-state index in [-0.39, 0.29) is 23.9 Å². The molecule has 2 N–H and O–H groups in total. The SMILES string of the molecule is CC(O)C1C(=O)NC1C(C)C(=O)N1CCN(C(=O)OC(C)(C)C)CC1. The highest BCUT2D eigenvalue weighted by Gasteiger charge is 2.48. The molecule has 8 heteroatoms. The van der Waals surface area contributed by atoms with Gasteiger partial charge in [-0.2, -0.15) is 0 Å². The summed E-state index contributed by atoms with van der Waals surface area (Å²) in [7, 11) is 0. The summed E-state index contributed by atoms with van der Waals surface area (Å²) in [6, 6.07) is -0.344. The molecule has 2 heterocycles. The average Bonchev–Trinajstić information content (AvgIpc) is 2.49. The standard InChI is InChI=1S/C17H29N3O5/c1-10(13-12(11(2)21)14(22)18-13)15(23)19-6-8-20(9-7-19)16(24)25-17(3,4)5/h10-13,21H,6-9H2,1-5H3,(H,18,22). The van der Waals surface area contributed by atoms with Gasteiger partial charge in [-0.05, 0) is 27.7 Å². The molecule has 0 aromatic carbocycles. The Morgan fingerprint density at radius 3 is 2.12 bits per heavy atom. The molecule has 2 rings (SSSR count). The minimum Gasteiger partial charge on any atom is -0.444 e. The van der Waals surface area contributed by atoms with Gasteiger partial charge in [-0.1, -0.05) is 6.92 Å². The number of piperazine rings is 1. The van der Waals surface area contributed by atoms with Gasteiger partial charge in [0.25, 0.3) is 0 Å². The van der Waals surface area contributed by atoms with E-state index in [9.17, 15) is 19.5 Å². The maximum Gasteiger partial charge on any atom is 0.410 e. The van der Waals surface area contributed by atoms with Crippen molar-refractivity contribution in [3.8, 4) is 0 Å². The third kappa shape index (κ3) is 4.42. The molecule has 2 saturated heterocycles. The van der Waals surface area contributed by atoms with Crippen molar-refractivity contribution >= 4 is 17.9 Å². The first-order chi connectivity index (χ1) is 11.5. The Balaban J connectivity index is 1.87. The third-order valence-electron chi connectivity index (χ3n) is 4.69. The van der Waals surface area contributed by atoms with Crippen molar-refractivity contribution in [2.45, 2.75) is 52.4 Å². The van der Waals surface area contributed by atoms with Crippen LogP contribution in [0.5, 0.6) is 0 Å². The van der Waals surface area contributed by atoms with Gasteiger partial charge in [-0.25, -0.2) is 4.79 Å². The minimum atomic E-state index is -0.780. The summed E-state index contributed by atoms with van der Waals surface area (Å²) in [6.07, 6.45) is -1.15. The van der Waals surface area contributed by atoms with Crippen molar-refractivity contribution < 1.29 is 24.2 Å². The maximum absolute atomic E-state index is 12.7. The molecule has 25 heavy (non-hydrogen) atoms. The van der Waals surface area contributed by atoms with Crippen LogP contribution in [0, 0.1) is 11.8 Å². The van der Waals surface area contributed by atoms with Crippen molar-refractivity contribution in [2.75, 3.05) is 26.2 Å². The summed E-state index contributed by atoms with van der Waals surface area (Å²) in [5, 5.41) is 12.4. The van der Waals surface area contributed by atoms with Crippen LogP contribution in [0.3, 0.4) is 0 Å². The molecule has 0 radical (unpaired) electrons. The fraction of sp³-hybridized carbons (Fsp3) is 0.824. The van der Waals surface area contributed by atoms with Crippen LogP contribution in [0.1, 0.15) is 34.6 Å². The Morgan fingerprint density at radius 2 is 1.68 bits per heavy atom. The molecule has 0 aromatic rings. The summed E-state index contributed by atoms with van der Waals surface area (Å²) in [5.74, 6) is -1.23. The fourth-order valence-electron chi connectivity index (χ4n) is 3.25. The molecular weight excluding hydrogens is 326 g/mol. The van der Waals surface area contributed by atoms with E-state index in [0.29, 0.717) is 26.2 Å². The van der Waals surface area contributed by atoms with Crippen LogP contribution in [0.4, 0.5) is 4.79 Å². The highest BCUT2D eigenvalue weighted by Crippen LogP contribution is 2.27. The van der Waals surface area contributed by atoms with E-state index in [1.54, 1.807) is 23.6 Å². The lowest BCUT2D eigenvalue weighted by Gasteiger charge is -2.43. The first kappa shape index (κ1) is 19.5. The molecule has 0 saturated carbocycles. The van der Waals surface area contributed by atoms with Gasteiger partial charge in [0.1, 0.15) is 5.60 Å². The number of ether oxygens (including phenoxy) is 1. The van der Waals surface area contributed by atoms with Gasteiger partial charge < -0.3 is 25.0 Å². The van der Waals surface area contributed by atoms with Crippen LogP contribution in [-0.4, -0.2) is 76.7 Å². The summed E-state index contributed by atoms with van der Waals surface area (Å²) in [6.45, 7) is 10.5. The molecule has 4 atom stereocenters. The maximum atomic E-state index is 12.7. The van der Waals surface area contributed by atoms with E-state index >= 15 is 0 Å². The topological polar surface area (TPSA) is 99.2 Å². The average molecular weight is 355 g/mol. The van der Waals surface area contributed by atoms with Crippen LogP contribution in [0.2, 0.25) is 0 Å². The highest BCUT2D eigenvalue weighted by atomic mass is 16.6. The third-order valence-corrected chi connectivity index (χ3v) is 4.69. The number of nitrogens with one attached hydrogen (secondary N) is 1. The second kappa shape index (κ2) is 7.19. The molecule has 2 aliphatic heterocycles. The number of nitrogens with zero attached hydrogens (tertiary/aromatic N) is 2. The van der Waals surface area contributed by atoms with E-state index in [1.807, 2.05) is 20.8 Å². The molecule has 3 amide bonds. The van der Waals surface area contributed by atoms with E-state index < -0.39 is 23.5 Å². The second-order valence-electron chi connectivity index (χ2n) is 7.88. The lowest BCUT2D eigenvalue weighted by molar-refractivity contribution is -0.149. The Morgan fingerprint density at radius 1 is 1.16 bits per heavy atom. The lowest BCUT2D eigenvalue weighted by atomic mass is 9.78. The number of rotatable bonds is 3. The summed E-state index contributed by atoms with van der Waals surface area (Å²) in [5.41, 5.74) is -0.545. The van der Waals surface area contributed by atoms with Crippen LogP contribution < -0.4 is 5.32 Å². The largest absolute Gasteiger partial charge is 0.444 e. The quantitative estimate of drug-likeness (QED) is 0.705. The summed E-state index contributed by atoms with van der Waals surface area (Å²) >= 11 is 0. The van der Waals surface area contributed by atoms with Gasteiger partial charge >= 0.3 is 6.09 Å². The van der Waals surface area contributed by atoms with E-state index in [0.717, 1.165) is 0 Å². The summed E-state index contributed by atoms with van der Waals surface area (Å²) in [4.78, 5) is 39.6. The van der Waals surface area contributed by atoms with Crippen molar-refractivity contribution in [3.05, 3.63) is 0 Å². The normalized spacial score (nSPS) is 26.4. The number of β-lactam (4-membered cyclic amide) rings is 1. The molecule has 0 aromatic heterocycles. The van der Waals surface area contributed by atoms with Gasteiger partial charge in [0.15, 0.2) is 0 Å². The van der Waals surface area contributed by atoms with E-state index in [1.165, 1.54) is 0 Å². The number of hydrogen-bond acceptors (Lipinski definition) is 5. The molecule has 4 unspecified atom stereocenters. The molecule has 0 aliphatic carbocycles. The second-order valence-corrected chi connectivity index (χ2v) is 7.88. The number of aliphatic hydroxyl groups excluding tert-OH is 1. The van der Waals surface area contributed by atoms with Gasteiger partial charge in [-0.15, -0.1) is 0 Å². The first-order valence-corrected chi connectivity index (χ1v) is 8.76. The number of carbonyl (C=O) groups is 3. The summed E-state index contributed by atoms with van der Waals surface area (Å²) < 4.78 is 5.35. The Kier molecular flexibility index (Phi) is 5.61. The number of carbonyl (C=O) groups excluding carboxylic acids is 3. The smallest absolute Gasteiger partial charge is 0.410 e. The fourth-order valence-corrected chi connectivity index (χ4v) is 3.25. The van der Waals surface area contributed by atoms with Crippen LogP contribution >= 0.6 is 0 Å². The van der Waals surface area contributed by atoms with Crippen LogP contribution in [0.15, 0.2) is 0 Å². The van der Waals surface area contributed by atoms with Crippen LogP contribution in [-0.2, 0) is 14.3 Å². The molecule has 0 spiro atoms. The molecule has 2 fully saturated rings. The van der Waals surface area contributed by atoms with Crippen molar-refractivity contribution in [2.24, 2.45) is 11.8 Å². The van der Waals surface area contributed by atoms with Crippen molar-refractivity contribution in [1.29, 1.82) is 0 Å². The number of hydrogen-bond donors (Lipinski definition) is 2. The Hall–Kier alpha value is -1.83. The van der Waals surface area contributed by atoms with E-state index in [2.05, 4.69) is 5.32 Å². The lowest BCUT2D eigenvalue weighted by Crippen LogP contribution is -2.66. The first-order valence-electron chi connectivity index (χ1n) is 8.76. The Bertz CT molecular complexity index is 535. The van der Waals surface area contributed by atoms with Gasteiger partial charge in [0.2, 0.25) is 11.8 Å². The van der Waals surface area contributed by atoms with Gasteiger partial charge in [0, 0.05) is 26.2 Å². The Labute approximate surface area is 148 Å². The zero-order valence-corrected chi connectivity index (χ0v) is 15.6. The molecule has 2 aliphatic rings. The predicted octanol–water partition coefficient (Wildman–Crippen LogP) is 0.197. The predicted molar refractivity (Wildman–Crippen MR) is 90.7 cm³/mol. The molecule has 142 valence electrons. The van der Waals surface area contributed by atoms with Crippen molar-refractivity contribution in [3.63, 3.8) is 0 Å². The van der Waals surface area contributed by atoms with Gasteiger partial charge in [0.05, 0.1) is 24.0 Å². The van der Waals surface area contributed by atoms with Crippen molar-refractivity contribution in [1.82, 2.24) is 15.1 Å². The van der Waals surface area contributed by atoms with Gasteiger partial charge in [-0.3, -0.25) is 9.59 Å². The van der Waals surface area contributed by atoms with Crippen LogP contribution in [0.25, 0.3) is 0 Å². The monoisotopic (exact) mass is 355 g/mol. The zero-order chi connectivity index (χ0) is 18.9. The molecule has 8 nitrogen and oxygen atoms in total. The minimum absolute atomic E-state index is 0.0699. The highest BCUT2D eigenvalue weighted by molar-refractivity contribution is 5.90. The molecule has 0 bridgehead atoms.